The second kappa shape index (κ2) is 22.6. The minimum absolute atomic E-state index is 0.0132. The van der Waals surface area contributed by atoms with Crippen LogP contribution in [0.3, 0.4) is 0 Å². The van der Waals surface area contributed by atoms with E-state index in [1.807, 2.05) is 27.7 Å². The number of imide groups is 1. The van der Waals surface area contributed by atoms with Crippen LogP contribution in [0.4, 0.5) is 0 Å². The molecule has 0 saturated carbocycles. The van der Waals surface area contributed by atoms with Crippen LogP contribution in [0, 0.1) is 0 Å². The molecule has 2 aliphatic rings. The zero-order chi connectivity index (χ0) is 44.8. The van der Waals surface area contributed by atoms with Crippen molar-refractivity contribution in [2.75, 3.05) is 26.4 Å². The van der Waals surface area contributed by atoms with Gasteiger partial charge in [0.25, 0.3) is 17.7 Å². The van der Waals surface area contributed by atoms with Gasteiger partial charge in [0.2, 0.25) is 5.91 Å². The number of hydroxylamine groups is 2. The molecular formula is C38H54BN3O18. The summed E-state index contributed by atoms with van der Waals surface area (Å²) in [6.07, 6.45) is -7.30. The van der Waals surface area contributed by atoms with Crippen LogP contribution in [0.5, 0.6) is 0 Å². The Kier molecular flexibility index (Phi) is 18.6. The number of amides is 4. The Morgan fingerprint density at radius 2 is 1.35 bits per heavy atom. The Hall–Kier alpha value is -5.00. The molecule has 0 unspecified atom stereocenters. The SMILES string of the molecule is CCOO[C@H]([C@@H](OC(C)=O)[C@H](COC(C)=O)OOCC)[C@@H](CNC(=O)[C@H](CCC(=O)ON1C(=O)CCC1=O)NC(=O)c1ccc(B2OC(C)(C)C(C)(C)O2)cc1)OC(C)=O. The lowest BCUT2D eigenvalue weighted by Gasteiger charge is -2.34. The van der Waals surface area contributed by atoms with Gasteiger partial charge in [0.15, 0.2) is 24.4 Å². The molecule has 332 valence electrons. The summed E-state index contributed by atoms with van der Waals surface area (Å²) >= 11 is 0. The first-order chi connectivity index (χ1) is 28.2. The number of ether oxygens (including phenoxy) is 3. The lowest BCUT2D eigenvalue weighted by molar-refractivity contribution is -0.383. The first kappa shape index (κ1) is 49.4. The van der Waals surface area contributed by atoms with Gasteiger partial charge < -0.3 is 39.0 Å². The third-order valence-electron chi connectivity index (χ3n) is 9.37. The normalized spacial score (nSPS) is 18.1. The van der Waals surface area contributed by atoms with Crippen LogP contribution >= 0.6 is 0 Å². The molecule has 0 aromatic heterocycles. The van der Waals surface area contributed by atoms with Crippen molar-refractivity contribution >= 4 is 60.1 Å². The van der Waals surface area contributed by atoms with Gasteiger partial charge in [-0.05, 0) is 65.6 Å². The van der Waals surface area contributed by atoms with Crippen molar-refractivity contribution in [3.8, 4) is 0 Å². The molecule has 0 spiro atoms. The summed E-state index contributed by atoms with van der Waals surface area (Å²) < 4.78 is 28.3. The predicted molar refractivity (Wildman–Crippen MR) is 204 cm³/mol. The van der Waals surface area contributed by atoms with Crippen molar-refractivity contribution in [1.82, 2.24) is 15.7 Å². The fraction of sp³-hybridized carbons (Fsp3) is 0.632. The number of hydrogen-bond donors (Lipinski definition) is 2. The summed E-state index contributed by atoms with van der Waals surface area (Å²) in [5.41, 5.74) is -0.483. The maximum Gasteiger partial charge on any atom is 0.494 e. The zero-order valence-corrected chi connectivity index (χ0v) is 35.2. The Morgan fingerprint density at radius 3 is 1.88 bits per heavy atom. The van der Waals surface area contributed by atoms with E-state index in [0.29, 0.717) is 10.5 Å². The highest BCUT2D eigenvalue weighted by molar-refractivity contribution is 6.62. The van der Waals surface area contributed by atoms with E-state index in [4.69, 9.17) is 47.9 Å². The summed E-state index contributed by atoms with van der Waals surface area (Å²) in [6.45, 7) is 12.8. The monoisotopic (exact) mass is 851 g/mol. The largest absolute Gasteiger partial charge is 0.494 e. The predicted octanol–water partition coefficient (Wildman–Crippen LogP) is 0.688. The van der Waals surface area contributed by atoms with Crippen molar-refractivity contribution in [3.05, 3.63) is 29.8 Å². The van der Waals surface area contributed by atoms with E-state index in [-0.39, 0.29) is 31.6 Å². The first-order valence-corrected chi connectivity index (χ1v) is 19.3. The molecule has 1 aromatic rings. The second-order valence-electron chi connectivity index (χ2n) is 14.6. The standard InChI is InChI=1S/C38H54BN3O18/c1-10-52-57-29(21-51-22(3)43)33(55-24(5)45)34(58-53-11-2)28(54-23(4)44)20-40-36(50)27(16-19-32(48)56-42-30(46)17-18-31(42)47)41-35(49)25-12-14-26(15-13-25)39-59-37(6,7)38(8,9)60-39/h12-15,27-29,33-34H,10-11,16-21H2,1-9H3,(H,40,50)(H,41,49)/t27-,28+,29-,33-,34-/m0/s1. The smallest absolute Gasteiger partial charge is 0.463 e. The number of benzene rings is 1. The van der Waals surface area contributed by atoms with Crippen LogP contribution in [0.2, 0.25) is 0 Å². The molecule has 3 rings (SSSR count). The summed E-state index contributed by atoms with van der Waals surface area (Å²) in [5.74, 6) is -6.56. The molecule has 1 aromatic carbocycles. The highest BCUT2D eigenvalue weighted by Gasteiger charge is 2.51. The fourth-order valence-corrected chi connectivity index (χ4v) is 5.66. The molecule has 2 N–H and O–H groups in total. The van der Waals surface area contributed by atoms with Crippen molar-refractivity contribution < 1.29 is 86.3 Å². The highest BCUT2D eigenvalue weighted by atomic mass is 17.2. The van der Waals surface area contributed by atoms with E-state index in [1.165, 1.54) is 12.1 Å². The van der Waals surface area contributed by atoms with Gasteiger partial charge in [-0.15, -0.1) is 5.06 Å². The first-order valence-electron chi connectivity index (χ1n) is 19.3. The maximum absolute atomic E-state index is 13.9. The lowest BCUT2D eigenvalue weighted by Crippen LogP contribution is -2.56. The van der Waals surface area contributed by atoms with E-state index in [0.717, 1.165) is 20.8 Å². The average Bonchev–Trinajstić information content (AvgIpc) is 3.61. The average molecular weight is 852 g/mol. The van der Waals surface area contributed by atoms with Gasteiger partial charge in [0, 0.05) is 39.2 Å². The molecule has 0 radical (unpaired) electrons. The molecular weight excluding hydrogens is 797 g/mol. The van der Waals surface area contributed by atoms with Gasteiger partial charge >= 0.3 is 31.0 Å². The number of hydrogen-bond acceptors (Lipinski definition) is 18. The van der Waals surface area contributed by atoms with Crippen LogP contribution in [-0.4, -0.2) is 128 Å². The third-order valence-corrected chi connectivity index (χ3v) is 9.37. The Labute approximate surface area is 347 Å². The summed E-state index contributed by atoms with van der Waals surface area (Å²) in [6, 6.07) is 4.74. The molecule has 0 bridgehead atoms. The van der Waals surface area contributed by atoms with Crippen LogP contribution in [-0.2, 0) is 81.5 Å². The molecule has 0 aliphatic carbocycles. The molecule has 60 heavy (non-hydrogen) atoms. The Morgan fingerprint density at radius 1 is 0.783 bits per heavy atom. The fourth-order valence-electron chi connectivity index (χ4n) is 5.66. The number of rotatable bonds is 23. The van der Waals surface area contributed by atoms with E-state index < -0.39 is 122 Å². The molecule has 2 aliphatic heterocycles. The molecule has 2 saturated heterocycles. The second-order valence-corrected chi connectivity index (χ2v) is 14.6. The van der Waals surface area contributed by atoms with Crippen LogP contribution in [0.15, 0.2) is 24.3 Å². The Bertz CT molecular complexity index is 1670. The van der Waals surface area contributed by atoms with E-state index in [2.05, 4.69) is 10.6 Å². The molecule has 21 nitrogen and oxygen atoms in total. The van der Waals surface area contributed by atoms with Gasteiger partial charge in [-0.1, -0.05) is 12.1 Å². The number of carbonyl (C=O) groups is 8. The number of carbonyl (C=O) groups excluding carboxylic acids is 8. The van der Waals surface area contributed by atoms with E-state index >= 15 is 0 Å². The van der Waals surface area contributed by atoms with Crippen molar-refractivity contribution in [3.63, 3.8) is 0 Å². The Balaban J connectivity index is 1.90. The maximum atomic E-state index is 13.9. The van der Waals surface area contributed by atoms with Crippen LogP contribution < -0.4 is 16.1 Å². The minimum atomic E-state index is -1.58. The molecule has 4 amide bonds. The van der Waals surface area contributed by atoms with Gasteiger partial charge in [0.1, 0.15) is 12.6 Å². The van der Waals surface area contributed by atoms with Crippen molar-refractivity contribution in [2.45, 2.75) is 130 Å². The zero-order valence-electron chi connectivity index (χ0n) is 35.2. The molecule has 2 fully saturated rings. The van der Waals surface area contributed by atoms with Crippen LogP contribution in [0.1, 0.15) is 98.4 Å². The molecule has 2 heterocycles. The molecule has 5 atom stereocenters. The summed E-state index contributed by atoms with van der Waals surface area (Å²) in [4.78, 5) is 127. The quantitative estimate of drug-likeness (QED) is 0.0383. The highest BCUT2D eigenvalue weighted by Crippen LogP contribution is 2.36. The molecule has 22 heteroatoms. The van der Waals surface area contributed by atoms with Gasteiger partial charge in [-0.2, -0.15) is 0 Å². The lowest BCUT2D eigenvalue weighted by atomic mass is 9.79. The van der Waals surface area contributed by atoms with Crippen molar-refractivity contribution in [1.29, 1.82) is 0 Å². The van der Waals surface area contributed by atoms with Gasteiger partial charge in [-0.3, -0.25) is 33.6 Å². The summed E-state index contributed by atoms with van der Waals surface area (Å²) in [7, 11) is -0.713. The van der Waals surface area contributed by atoms with E-state index in [1.54, 1.807) is 26.0 Å². The minimum Gasteiger partial charge on any atom is -0.463 e. The number of nitrogens with zero attached hydrogens (tertiary/aromatic N) is 1. The van der Waals surface area contributed by atoms with Crippen molar-refractivity contribution in [2.24, 2.45) is 0 Å². The summed E-state index contributed by atoms with van der Waals surface area (Å²) in [5, 5.41) is 5.47. The number of nitrogens with one attached hydrogen (secondary N) is 2. The van der Waals surface area contributed by atoms with Gasteiger partial charge in [-0.25, -0.2) is 24.3 Å². The number of esters is 3. The van der Waals surface area contributed by atoms with Gasteiger partial charge in [0.05, 0.1) is 37.4 Å². The topological polar surface area (TPSA) is 256 Å². The third kappa shape index (κ3) is 14.3. The van der Waals surface area contributed by atoms with Crippen LogP contribution in [0.25, 0.3) is 0 Å². The van der Waals surface area contributed by atoms with E-state index in [9.17, 15) is 38.4 Å².